The fourth-order valence-corrected chi connectivity index (χ4v) is 1.25. The van der Waals surface area contributed by atoms with Crippen molar-refractivity contribution in [3.05, 3.63) is 46.5 Å². The monoisotopic (exact) mass is 268 g/mol. The summed E-state index contributed by atoms with van der Waals surface area (Å²) in [5.41, 5.74) is 1.58. The van der Waals surface area contributed by atoms with Gasteiger partial charge in [0.05, 0.1) is 12.2 Å². The molecule has 0 aliphatic carbocycles. The molecule has 0 saturated heterocycles. The molecule has 0 amide bonds. The maximum absolute atomic E-state index is 11.5. The SMILES string of the molecule is C=C(C)CCOC(=O)c1ccc(Br)cc1. The van der Waals surface area contributed by atoms with Crippen LogP contribution in [-0.2, 0) is 4.74 Å². The van der Waals surface area contributed by atoms with Crippen LogP contribution in [0.25, 0.3) is 0 Å². The van der Waals surface area contributed by atoms with Crippen LogP contribution in [0.3, 0.4) is 0 Å². The molecule has 1 rings (SSSR count). The van der Waals surface area contributed by atoms with E-state index in [1.807, 2.05) is 19.1 Å². The van der Waals surface area contributed by atoms with Crippen LogP contribution in [0.2, 0.25) is 0 Å². The van der Waals surface area contributed by atoms with E-state index in [-0.39, 0.29) is 5.97 Å². The summed E-state index contributed by atoms with van der Waals surface area (Å²) in [6.07, 6.45) is 0.711. The molecular weight excluding hydrogens is 256 g/mol. The first-order valence-electron chi connectivity index (χ1n) is 4.66. The highest BCUT2D eigenvalue weighted by atomic mass is 79.9. The minimum atomic E-state index is -0.288. The molecule has 15 heavy (non-hydrogen) atoms. The highest BCUT2D eigenvalue weighted by Crippen LogP contribution is 2.11. The van der Waals surface area contributed by atoms with Gasteiger partial charge in [-0.05, 0) is 31.2 Å². The Hall–Kier alpha value is -1.09. The molecule has 1 aromatic rings. The van der Waals surface area contributed by atoms with Crippen LogP contribution >= 0.6 is 15.9 Å². The third kappa shape index (κ3) is 4.30. The lowest BCUT2D eigenvalue weighted by atomic mass is 10.2. The van der Waals surface area contributed by atoms with Gasteiger partial charge in [-0.1, -0.05) is 21.5 Å². The van der Waals surface area contributed by atoms with E-state index < -0.39 is 0 Å². The molecule has 0 N–H and O–H groups in total. The maximum atomic E-state index is 11.5. The number of hydrogen-bond acceptors (Lipinski definition) is 2. The molecule has 0 unspecified atom stereocenters. The summed E-state index contributed by atoms with van der Waals surface area (Å²) in [6.45, 7) is 6.04. The van der Waals surface area contributed by atoms with Gasteiger partial charge in [0.2, 0.25) is 0 Å². The van der Waals surface area contributed by atoms with Crippen LogP contribution in [0.4, 0.5) is 0 Å². The van der Waals surface area contributed by atoms with Gasteiger partial charge >= 0.3 is 5.97 Å². The molecular formula is C12H13BrO2. The van der Waals surface area contributed by atoms with Crippen molar-refractivity contribution in [2.24, 2.45) is 0 Å². The molecule has 0 spiro atoms. The largest absolute Gasteiger partial charge is 0.462 e. The zero-order valence-electron chi connectivity index (χ0n) is 8.63. The Balaban J connectivity index is 2.47. The van der Waals surface area contributed by atoms with Gasteiger partial charge in [0.1, 0.15) is 0 Å². The molecule has 0 fully saturated rings. The molecule has 0 bridgehead atoms. The second-order valence-electron chi connectivity index (χ2n) is 3.35. The van der Waals surface area contributed by atoms with Crippen molar-refractivity contribution in [2.75, 3.05) is 6.61 Å². The van der Waals surface area contributed by atoms with Gasteiger partial charge < -0.3 is 4.74 Å². The second kappa shape index (κ2) is 5.71. The Bertz CT molecular complexity index is 354. The lowest BCUT2D eigenvalue weighted by Crippen LogP contribution is -2.06. The molecule has 0 heterocycles. The number of ether oxygens (including phenoxy) is 1. The van der Waals surface area contributed by atoms with E-state index in [1.165, 1.54) is 0 Å². The quantitative estimate of drug-likeness (QED) is 0.617. The smallest absolute Gasteiger partial charge is 0.338 e. The van der Waals surface area contributed by atoms with Crippen LogP contribution in [0.1, 0.15) is 23.7 Å². The standard InChI is InChI=1S/C12H13BrO2/c1-9(2)7-8-15-12(14)10-3-5-11(13)6-4-10/h3-6H,1,7-8H2,2H3. The number of carbonyl (C=O) groups excluding carboxylic acids is 1. The van der Waals surface area contributed by atoms with E-state index in [9.17, 15) is 4.79 Å². The van der Waals surface area contributed by atoms with E-state index in [2.05, 4.69) is 22.5 Å². The summed E-state index contributed by atoms with van der Waals surface area (Å²) in [4.78, 5) is 11.5. The summed E-state index contributed by atoms with van der Waals surface area (Å²) >= 11 is 3.30. The Morgan fingerprint density at radius 3 is 2.53 bits per heavy atom. The number of benzene rings is 1. The summed E-state index contributed by atoms with van der Waals surface area (Å²) < 4.78 is 6.01. The molecule has 80 valence electrons. The Labute approximate surface area is 98.1 Å². The van der Waals surface area contributed by atoms with Crippen molar-refractivity contribution in [3.8, 4) is 0 Å². The number of carbonyl (C=O) groups is 1. The average Bonchev–Trinajstić information content (AvgIpc) is 2.18. The van der Waals surface area contributed by atoms with Crippen molar-refractivity contribution >= 4 is 21.9 Å². The third-order valence-corrected chi connectivity index (χ3v) is 2.37. The number of hydrogen-bond donors (Lipinski definition) is 0. The highest BCUT2D eigenvalue weighted by Gasteiger charge is 2.05. The van der Waals surface area contributed by atoms with E-state index >= 15 is 0 Å². The van der Waals surface area contributed by atoms with Gasteiger partial charge in [-0.2, -0.15) is 0 Å². The van der Waals surface area contributed by atoms with Crippen LogP contribution in [0.5, 0.6) is 0 Å². The second-order valence-corrected chi connectivity index (χ2v) is 4.27. The molecule has 0 radical (unpaired) electrons. The summed E-state index contributed by atoms with van der Waals surface area (Å²) in [5.74, 6) is -0.288. The van der Waals surface area contributed by atoms with E-state index in [0.717, 1.165) is 10.0 Å². The van der Waals surface area contributed by atoms with Crippen molar-refractivity contribution in [1.82, 2.24) is 0 Å². The van der Waals surface area contributed by atoms with Gasteiger partial charge in [0.25, 0.3) is 0 Å². The van der Waals surface area contributed by atoms with Crippen molar-refractivity contribution < 1.29 is 9.53 Å². The Morgan fingerprint density at radius 1 is 1.40 bits per heavy atom. The van der Waals surface area contributed by atoms with Gasteiger partial charge in [-0.3, -0.25) is 0 Å². The molecule has 0 aromatic heterocycles. The summed E-state index contributed by atoms with van der Waals surface area (Å²) in [6, 6.07) is 7.09. The normalized spacial score (nSPS) is 9.73. The Kier molecular flexibility index (Phi) is 4.56. The minimum Gasteiger partial charge on any atom is -0.462 e. The van der Waals surface area contributed by atoms with E-state index in [1.54, 1.807) is 12.1 Å². The maximum Gasteiger partial charge on any atom is 0.338 e. The van der Waals surface area contributed by atoms with E-state index in [4.69, 9.17) is 4.74 Å². The average molecular weight is 269 g/mol. The summed E-state index contributed by atoms with van der Waals surface area (Å²) in [7, 11) is 0. The van der Waals surface area contributed by atoms with Crippen LogP contribution in [0, 0.1) is 0 Å². The van der Waals surface area contributed by atoms with E-state index in [0.29, 0.717) is 18.6 Å². The molecule has 3 heteroatoms. The zero-order chi connectivity index (χ0) is 11.3. The molecule has 0 aliphatic heterocycles. The van der Waals surface area contributed by atoms with Crippen molar-refractivity contribution in [2.45, 2.75) is 13.3 Å². The number of halogens is 1. The minimum absolute atomic E-state index is 0.288. The third-order valence-electron chi connectivity index (χ3n) is 1.84. The van der Waals surface area contributed by atoms with Crippen molar-refractivity contribution in [1.29, 1.82) is 0 Å². The molecule has 0 saturated carbocycles. The van der Waals surface area contributed by atoms with Gasteiger partial charge in [0, 0.05) is 10.9 Å². The fourth-order valence-electron chi connectivity index (χ4n) is 0.987. The fraction of sp³-hybridized carbons (Fsp3) is 0.250. The predicted octanol–water partition coefficient (Wildman–Crippen LogP) is 3.57. The first kappa shape index (κ1) is 12.0. The van der Waals surface area contributed by atoms with Gasteiger partial charge in [0.15, 0.2) is 0 Å². The van der Waals surface area contributed by atoms with Crippen LogP contribution < -0.4 is 0 Å². The lowest BCUT2D eigenvalue weighted by molar-refractivity contribution is 0.0509. The molecule has 1 aromatic carbocycles. The highest BCUT2D eigenvalue weighted by molar-refractivity contribution is 9.10. The van der Waals surface area contributed by atoms with Crippen molar-refractivity contribution in [3.63, 3.8) is 0 Å². The van der Waals surface area contributed by atoms with Crippen LogP contribution in [0.15, 0.2) is 40.9 Å². The van der Waals surface area contributed by atoms with Crippen LogP contribution in [-0.4, -0.2) is 12.6 Å². The molecule has 0 atom stereocenters. The zero-order valence-corrected chi connectivity index (χ0v) is 10.2. The first-order valence-corrected chi connectivity index (χ1v) is 5.46. The number of esters is 1. The summed E-state index contributed by atoms with van der Waals surface area (Å²) in [5, 5.41) is 0. The van der Waals surface area contributed by atoms with Gasteiger partial charge in [-0.15, -0.1) is 6.58 Å². The predicted molar refractivity (Wildman–Crippen MR) is 63.9 cm³/mol. The molecule has 0 aliphatic rings. The Morgan fingerprint density at radius 2 is 2.00 bits per heavy atom. The number of rotatable bonds is 4. The molecule has 2 nitrogen and oxygen atoms in total. The van der Waals surface area contributed by atoms with Gasteiger partial charge in [-0.25, -0.2) is 4.79 Å². The topological polar surface area (TPSA) is 26.3 Å². The lowest BCUT2D eigenvalue weighted by Gasteiger charge is -2.04. The first-order chi connectivity index (χ1) is 7.09.